The number of aromatic nitrogens is 4. The first-order valence-electron chi connectivity index (χ1n) is 8.20. The molecule has 0 N–H and O–H groups in total. The smallest absolute Gasteiger partial charge is 0.199 e. The molecule has 3 aromatic rings. The highest BCUT2D eigenvalue weighted by Gasteiger charge is 2.13. The zero-order valence-electron chi connectivity index (χ0n) is 14.5. The lowest BCUT2D eigenvalue weighted by molar-refractivity contribution is 0.243. The van der Waals surface area contributed by atoms with E-state index in [1.807, 2.05) is 34.7 Å². The van der Waals surface area contributed by atoms with Crippen LogP contribution in [0.4, 0.5) is 4.39 Å². The summed E-state index contributed by atoms with van der Waals surface area (Å²) in [5, 5.41) is 4.67. The molecule has 0 unspecified atom stereocenters. The van der Waals surface area contributed by atoms with E-state index < -0.39 is 0 Å². The maximum Gasteiger partial charge on any atom is 0.199 e. The Morgan fingerprint density at radius 1 is 1.31 bits per heavy atom. The molecule has 0 aliphatic heterocycles. The predicted octanol–water partition coefficient (Wildman–Crippen LogP) is 3.89. The summed E-state index contributed by atoms with van der Waals surface area (Å²) in [6.45, 7) is 5.45. The van der Waals surface area contributed by atoms with Crippen molar-refractivity contribution in [1.29, 1.82) is 0 Å². The molecule has 0 aliphatic rings. The molecule has 0 aliphatic carbocycles. The van der Waals surface area contributed by atoms with Crippen LogP contribution in [0.5, 0.6) is 0 Å². The van der Waals surface area contributed by atoms with Gasteiger partial charge in [0, 0.05) is 31.0 Å². The highest BCUT2D eigenvalue weighted by molar-refractivity contribution is 7.71. The van der Waals surface area contributed by atoms with Crippen molar-refractivity contribution in [2.45, 2.75) is 19.8 Å². The van der Waals surface area contributed by atoms with Gasteiger partial charge in [-0.2, -0.15) is 5.10 Å². The van der Waals surface area contributed by atoms with Crippen molar-refractivity contribution in [3.05, 3.63) is 77.6 Å². The van der Waals surface area contributed by atoms with E-state index >= 15 is 0 Å². The SMILES string of the molecule is C=CCn1c(-c2cccnc2)nn(CN(C)Cc2cccc(F)c2)c1=S. The zero-order chi connectivity index (χ0) is 18.5. The van der Waals surface area contributed by atoms with E-state index in [0.29, 0.717) is 24.5 Å². The van der Waals surface area contributed by atoms with Crippen molar-refractivity contribution in [2.75, 3.05) is 7.05 Å². The van der Waals surface area contributed by atoms with Crippen molar-refractivity contribution in [2.24, 2.45) is 0 Å². The minimum absolute atomic E-state index is 0.235. The number of allylic oxidation sites excluding steroid dienone is 1. The first kappa shape index (κ1) is 18.2. The Labute approximate surface area is 157 Å². The molecule has 7 heteroatoms. The van der Waals surface area contributed by atoms with Crippen LogP contribution in [0, 0.1) is 10.6 Å². The fourth-order valence-corrected chi connectivity index (χ4v) is 3.02. The summed E-state index contributed by atoms with van der Waals surface area (Å²) in [5.41, 5.74) is 1.80. The number of hydrogen-bond donors (Lipinski definition) is 0. The molecule has 26 heavy (non-hydrogen) atoms. The molecule has 1 aromatic carbocycles. The third-order valence-corrected chi connectivity index (χ3v) is 4.30. The molecular weight excluding hydrogens is 349 g/mol. The van der Waals surface area contributed by atoms with E-state index in [1.165, 1.54) is 12.1 Å². The van der Waals surface area contributed by atoms with E-state index in [4.69, 9.17) is 12.2 Å². The highest BCUT2D eigenvalue weighted by Crippen LogP contribution is 2.18. The van der Waals surface area contributed by atoms with E-state index in [0.717, 1.165) is 17.0 Å². The van der Waals surface area contributed by atoms with Gasteiger partial charge in [0.1, 0.15) is 5.82 Å². The Kier molecular flexibility index (Phi) is 5.70. The Morgan fingerprint density at radius 3 is 2.85 bits per heavy atom. The number of rotatable bonds is 7. The molecule has 2 aromatic heterocycles. The van der Waals surface area contributed by atoms with Gasteiger partial charge in [0.05, 0.1) is 6.67 Å². The maximum absolute atomic E-state index is 13.4. The minimum atomic E-state index is -0.235. The molecule has 0 fully saturated rings. The highest BCUT2D eigenvalue weighted by atomic mass is 32.1. The van der Waals surface area contributed by atoms with Crippen LogP contribution in [0.15, 0.2) is 61.4 Å². The number of nitrogens with zero attached hydrogens (tertiary/aromatic N) is 5. The van der Waals surface area contributed by atoms with Crippen LogP contribution in [0.1, 0.15) is 5.56 Å². The standard InChI is InChI=1S/C19H20FN5S/c1-3-10-24-18(16-7-5-9-21-12-16)22-25(19(24)26)14-23(2)13-15-6-4-8-17(20)11-15/h3-9,11-12H,1,10,13-14H2,2H3. The lowest BCUT2D eigenvalue weighted by Crippen LogP contribution is -2.22. The van der Waals surface area contributed by atoms with Gasteiger partial charge < -0.3 is 0 Å². The summed E-state index contributed by atoms with van der Waals surface area (Å²) in [6.07, 6.45) is 5.27. The Morgan fingerprint density at radius 2 is 2.15 bits per heavy atom. The molecule has 0 bridgehead atoms. The zero-order valence-corrected chi connectivity index (χ0v) is 15.4. The summed E-state index contributed by atoms with van der Waals surface area (Å²) in [5.74, 6) is 0.517. The van der Waals surface area contributed by atoms with Crippen molar-refractivity contribution in [1.82, 2.24) is 24.2 Å². The first-order chi connectivity index (χ1) is 12.6. The predicted molar refractivity (Wildman–Crippen MR) is 102 cm³/mol. The van der Waals surface area contributed by atoms with Crippen LogP contribution in [-0.2, 0) is 19.8 Å². The van der Waals surface area contributed by atoms with E-state index in [9.17, 15) is 4.39 Å². The second-order valence-corrected chi connectivity index (χ2v) is 6.40. The third kappa shape index (κ3) is 4.12. The molecule has 0 saturated heterocycles. The molecule has 0 atom stereocenters. The second kappa shape index (κ2) is 8.16. The average Bonchev–Trinajstić information content (AvgIpc) is 2.92. The number of benzene rings is 1. The maximum atomic E-state index is 13.4. The summed E-state index contributed by atoms with van der Waals surface area (Å²) < 4.78 is 17.7. The largest absolute Gasteiger partial charge is 0.296 e. The van der Waals surface area contributed by atoms with Gasteiger partial charge in [-0.25, -0.2) is 9.07 Å². The topological polar surface area (TPSA) is 38.9 Å². The molecule has 2 heterocycles. The van der Waals surface area contributed by atoms with E-state index in [1.54, 1.807) is 29.2 Å². The minimum Gasteiger partial charge on any atom is -0.296 e. The molecule has 0 spiro atoms. The fourth-order valence-electron chi connectivity index (χ4n) is 2.76. The van der Waals surface area contributed by atoms with Gasteiger partial charge in [0.25, 0.3) is 0 Å². The van der Waals surface area contributed by atoms with Crippen LogP contribution in [0.3, 0.4) is 0 Å². The van der Waals surface area contributed by atoms with Crippen LogP contribution in [0.25, 0.3) is 11.4 Å². The van der Waals surface area contributed by atoms with Gasteiger partial charge in [0.2, 0.25) is 0 Å². The molecule has 3 rings (SSSR count). The van der Waals surface area contributed by atoms with E-state index in [2.05, 4.69) is 16.7 Å². The number of pyridine rings is 1. The molecule has 0 radical (unpaired) electrons. The van der Waals surface area contributed by atoms with Gasteiger partial charge in [0.15, 0.2) is 10.6 Å². The Balaban J connectivity index is 1.86. The Bertz CT molecular complexity index is 948. The Hall–Kier alpha value is -2.64. The van der Waals surface area contributed by atoms with Gasteiger partial charge >= 0.3 is 0 Å². The normalized spacial score (nSPS) is 11.0. The average molecular weight is 369 g/mol. The van der Waals surface area contributed by atoms with Gasteiger partial charge in [-0.05, 0) is 49.1 Å². The van der Waals surface area contributed by atoms with Gasteiger partial charge in [-0.15, -0.1) is 6.58 Å². The second-order valence-electron chi connectivity index (χ2n) is 6.03. The lowest BCUT2D eigenvalue weighted by Gasteiger charge is -2.16. The summed E-state index contributed by atoms with van der Waals surface area (Å²) >= 11 is 5.59. The third-order valence-electron chi connectivity index (χ3n) is 3.87. The summed E-state index contributed by atoms with van der Waals surface area (Å²) in [6, 6.07) is 10.4. The summed E-state index contributed by atoms with van der Waals surface area (Å²) in [4.78, 5) is 6.19. The van der Waals surface area contributed by atoms with E-state index in [-0.39, 0.29) is 5.82 Å². The molecule has 5 nitrogen and oxygen atoms in total. The fraction of sp³-hybridized carbons (Fsp3) is 0.211. The van der Waals surface area contributed by atoms with Crippen molar-refractivity contribution in [3.8, 4) is 11.4 Å². The lowest BCUT2D eigenvalue weighted by atomic mass is 10.2. The van der Waals surface area contributed by atoms with Crippen LogP contribution in [-0.4, -0.2) is 31.3 Å². The molecule has 0 amide bonds. The number of hydrogen-bond acceptors (Lipinski definition) is 4. The van der Waals surface area contributed by atoms with Crippen LogP contribution >= 0.6 is 12.2 Å². The van der Waals surface area contributed by atoms with Crippen LogP contribution < -0.4 is 0 Å². The molecule has 134 valence electrons. The molecular formula is C19H20FN5S. The first-order valence-corrected chi connectivity index (χ1v) is 8.61. The quantitative estimate of drug-likeness (QED) is 0.468. The molecule has 0 saturated carbocycles. The van der Waals surface area contributed by atoms with Crippen LogP contribution in [0.2, 0.25) is 0 Å². The van der Waals surface area contributed by atoms with Crippen molar-refractivity contribution < 1.29 is 4.39 Å². The monoisotopic (exact) mass is 369 g/mol. The van der Waals surface area contributed by atoms with Gasteiger partial charge in [-0.1, -0.05) is 18.2 Å². The van der Waals surface area contributed by atoms with Crippen molar-refractivity contribution >= 4 is 12.2 Å². The number of halogens is 1. The summed E-state index contributed by atoms with van der Waals surface area (Å²) in [7, 11) is 1.95. The van der Waals surface area contributed by atoms with Gasteiger partial charge in [-0.3, -0.25) is 14.5 Å². The van der Waals surface area contributed by atoms with Crippen molar-refractivity contribution in [3.63, 3.8) is 0 Å².